The van der Waals surface area contributed by atoms with Gasteiger partial charge in [-0.25, -0.2) is 0 Å². The lowest BCUT2D eigenvalue weighted by Gasteiger charge is -2.24. The molecule has 0 radical (unpaired) electrons. The zero-order chi connectivity index (χ0) is 19.9. The van der Waals surface area contributed by atoms with Crippen molar-refractivity contribution in [1.29, 1.82) is 5.26 Å². The summed E-state index contributed by atoms with van der Waals surface area (Å²) in [5.41, 5.74) is 2.85. The van der Waals surface area contributed by atoms with Crippen molar-refractivity contribution < 1.29 is 9.59 Å². The Kier molecular flexibility index (Phi) is 6.41. The standard InChI is InChI=1S/C22H24N4O2/c1-17(27)18-7-4-8-20(14-18)24-22(28)16-25-10-5-11-26(13-12-25)21-9-3-2-6-19(21)15-23/h2-4,6-9,14H,5,10-13,16H2,1H3,(H,24,28). The molecule has 0 aliphatic carbocycles. The Labute approximate surface area is 165 Å². The first-order valence-electron chi connectivity index (χ1n) is 9.44. The maximum atomic E-state index is 12.4. The molecule has 1 fully saturated rings. The molecular weight excluding hydrogens is 352 g/mol. The van der Waals surface area contributed by atoms with Crippen molar-refractivity contribution in [3.63, 3.8) is 0 Å². The van der Waals surface area contributed by atoms with Crippen molar-refractivity contribution in [3.8, 4) is 6.07 Å². The van der Waals surface area contributed by atoms with E-state index in [0.29, 0.717) is 23.4 Å². The minimum atomic E-state index is -0.0911. The van der Waals surface area contributed by atoms with Gasteiger partial charge in [-0.05, 0) is 37.6 Å². The molecule has 0 bridgehead atoms. The highest BCUT2D eigenvalue weighted by atomic mass is 16.2. The summed E-state index contributed by atoms with van der Waals surface area (Å²) in [5.74, 6) is -0.118. The largest absolute Gasteiger partial charge is 0.369 e. The first kappa shape index (κ1) is 19.6. The molecule has 0 unspecified atom stereocenters. The second-order valence-corrected chi connectivity index (χ2v) is 6.93. The number of para-hydroxylation sites is 1. The topological polar surface area (TPSA) is 76.4 Å². The molecule has 1 amide bonds. The van der Waals surface area contributed by atoms with Crippen LogP contribution in [0.5, 0.6) is 0 Å². The fourth-order valence-electron chi connectivity index (χ4n) is 3.43. The molecule has 1 aliphatic heterocycles. The second-order valence-electron chi connectivity index (χ2n) is 6.93. The molecule has 1 heterocycles. The summed E-state index contributed by atoms with van der Waals surface area (Å²) in [5, 5.41) is 12.2. The van der Waals surface area contributed by atoms with Gasteiger partial charge in [-0.2, -0.15) is 5.26 Å². The minimum Gasteiger partial charge on any atom is -0.369 e. The summed E-state index contributed by atoms with van der Waals surface area (Å²) in [7, 11) is 0. The minimum absolute atomic E-state index is 0.0265. The molecule has 144 valence electrons. The van der Waals surface area contributed by atoms with Crippen LogP contribution in [0.4, 0.5) is 11.4 Å². The van der Waals surface area contributed by atoms with Gasteiger partial charge in [-0.15, -0.1) is 0 Å². The number of ketones is 1. The van der Waals surface area contributed by atoms with E-state index >= 15 is 0 Å². The molecule has 0 atom stereocenters. The van der Waals surface area contributed by atoms with E-state index in [4.69, 9.17) is 0 Å². The van der Waals surface area contributed by atoms with E-state index in [-0.39, 0.29) is 11.7 Å². The molecule has 1 aliphatic rings. The molecule has 1 N–H and O–H groups in total. The highest BCUT2D eigenvalue weighted by Crippen LogP contribution is 2.21. The van der Waals surface area contributed by atoms with Gasteiger partial charge in [0, 0.05) is 37.4 Å². The average Bonchev–Trinajstić information content (AvgIpc) is 2.93. The number of nitrogens with one attached hydrogen (secondary N) is 1. The van der Waals surface area contributed by atoms with Gasteiger partial charge in [0.05, 0.1) is 17.8 Å². The Bertz CT molecular complexity index is 903. The SMILES string of the molecule is CC(=O)c1cccc(NC(=O)CN2CCCN(c3ccccc3C#N)CC2)c1. The number of hydrogen-bond acceptors (Lipinski definition) is 5. The van der Waals surface area contributed by atoms with E-state index in [0.717, 1.165) is 38.3 Å². The highest BCUT2D eigenvalue weighted by Gasteiger charge is 2.19. The lowest BCUT2D eigenvalue weighted by Crippen LogP contribution is -2.36. The maximum absolute atomic E-state index is 12.4. The van der Waals surface area contributed by atoms with Crippen molar-refractivity contribution in [2.45, 2.75) is 13.3 Å². The number of nitrogens with zero attached hydrogens (tertiary/aromatic N) is 3. The van der Waals surface area contributed by atoms with E-state index in [9.17, 15) is 14.9 Å². The van der Waals surface area contributed by atoms with Crippen molar-refractivity contribution in [3.05, 3.63) is 59.7 Å². The van der Waals surface area contributed by atoms with Gasteiger partial charge in [0.25, 0.3) is 0 Å². The van der Waals surface area contributed by atoms with Gasteiger partial charge >= 0.3 is 0 Å². The number of carbonyl (C=O) groups excluding carboxylic acids is 2. The monoisotopic (exact) mass is 376 g/mol. The van der Waals surface area contributed by atoms with Crippen LogP contribution in [0.2, 0.25) is 0 Å². The van der Waals surface area contributed by atoms with Crippen LogP contribution < -0.4 is 10.2 Å². The molecular formula is C22H24N4O2. The Morgan fingerprint density at radius 2 is 1.89 bits per heavy atom. The second kappa shape index (κ2) is 9.16. The average molecular weight is 376 g/mol. The molecule has 0 spiro atoms. The quantitative estimate of drug-likeness (QED) is 0.812. The molecule has 6 heteroatoms. The maximum Gasteiger partial charge on any atom is 0.238 e. The van der Waals surface area contributed by atoms with Gasteiger partial charge in [0.15, 0.2) is 5.78 Å². The van der Waals surface area contributed by atoms with E-state index < -0.39 is 0 Å². The summed E-state index contributed by atoms with van der Waals surface area (Å²) >= 11 is 0. The van der Waals surface area contributed by atoms with Crippen molar-refractivity contribution in [1.82, 2.24) is 4.90 Å². The Morgan fingerprint density at radius 1 is 1.07 bits per heavy atom. The van der Waals surface area contributed by atoms with E-state index in [1.165, 1.54) is 6.92 Å². The summed E-state index contributed by atoms with van der Waals surface area (Å²) < 4.78 is 0. The number of benzene rings is 2. The molecule has 2 aromatic carbocycles. The fraction of sp³-hybridized carbons (Fsp3) is 0.318. The molecule has 6 nitrogen and oxygen atoms in total. The van der Waals surface area contributed by atoms with Crippen LogP contribution in [0.15, 0.2) is 48.5 Å². The predicted molar refractivity (Wildman–Crippen MR) is 110 cm³/mol. The van der Waals surface area contributed by atoms with Crippen molar-refractivity contribution >= 4 is 23.1 Å². The van der Waals surface area contributed by atoms with E-state index in [2.05, 4.69) is 21.2 Å². The summed E-state index contributed by atoms with van der Waals surface area (Å²) in [6.07, 6.45) is 0.923. The highest BCUT2D eigenvalue weighted by molar-refractivity contribution is 5.97. The van der Waals surface area contributed by atoms with Crippen LogP contribution in [-0.4, -0.2) is 49.3 Å². The molecule has 0 saturated carbocycles. The number of carbonyl (C=O) groups is 2. The first-order valence-corrected chi connectivity index (χ1v) is 9.44. The molecule has 0 aromatic heterocycles. The van der Waals surface area contributed by atoms with Crippen LogP contribution in [0.25, 0.3) is 0 Å². The van der Waals surface area contributed by atoms with Crippen molar-refractivity contribution in [2.75, 3.05) is 42.9 Å². The smallest absolute Gasteiger partial charge is 0.238 e. The van der Waals surface area contributed by atoms with Gasteiger partial charge < -0.3 is 10.2 Å². The zero-order valence-electron chi connectivity index (χ0n) is 16.0. The molecule has 3 rings (SSSR count). The predicted octanol–water partition coefficient (Wildman–Crippen LogP) is 2.91. The number of Topliss-reactive ketones (excluding diaryl/α,β-unsaturated/α-hetero) is 1. The van der Waals surface area contributed by atoms with Gasteiger partial charge in [0.2, 0.25) is 5.91 Å². The lowest BCUT2D eigenvalue weighted by atomic mass is 10.1. The van der Waals surface area contributed by atoms with Crippen LogP contribution in [-0.2, 0) is 4.79 Å². The summed E-state index contributed by atoms with van der Waals surface area (Å²) in [6.45, 7) is 5.02. The third-order valence-electron chi connectivity index (χ3n) is 4.87. The third-order valence-corrected chi connectivity index (χ3v) is 4.87. The first-order chi connectivity index (χ1) is 13.6. The fourth-order valence-corrected chi connectivity index (χ4v) is 3.43. The normalized spacial score (nSPS) is 14.8. The number of amides is 1. The summed E-state index contributed by atoms with van der Waals surface area (Å²) in [6, 6.07) is 16.9. The van der Waals surface area contributed by atoms with Crippen molar-refractivity contribution in [2.24, 2.45) is 0 Å². The van der Waals surface area contributed by atoms with Gasteiger partial charge in [-0.1, -0.05) is 24.3 Å². The number of nitriles is 1. The van der Waals surface area contributed by atoms with E-state index in [1.807, 2.05) is 24.3 Å². The molecule has 1 saturated heterocycles. The summed E-state index contributed by atoms with van der Waals surface area (Å²) in [4.78, 5) is 28.3. The Balaban J connectivity index is 1.57. The molecule has 2 aromatic rings. The number of anilines is 2. The lowest BCUT2D eigenvalue weighted by molar-refractivity contribution is -0.117. The van der Waals surface area contributed by atoms with Crippen LogP contribution in [0, 0.1) is 11.3 Å². The number of rotatable bonds is 5. The zero-order valence-corrected chi connectivity index (χ0v) is 16.0. The molecule has 28 heavy (non-hydrogen) atoms. The van der Waals surface area contributed by atoms with Crippen LogP contribution >= 0.6 is 0 Å². The van der Waals surface area contributed by atoms with Gasteiger partial charge in [0.1, 0.15) is 6.07 Å². The van der Waals surface area contributed by atoms with Crippen LogP contribution in [0.3, 0.4) is 0 Å². The third kappa shape index (κ3) is 4.96. The van der Waals surface area contributed by atoms with Crippen LogP contribution in [0.1, 0.15) is 29.3 Å². The Morgan fingerprint density at radius 3 is 2.68 bits per heavy atom. The Hall–Kier alpha value is -3.17. The van der Waals surface area contributed by atoms with Gasteiger partial charge in [-0.3, -0.25) is 14.5 Å². The number of hydrogen-bond donors (Lipinski definition) is 1. The van der Waals surface area contributed by atoms with E-state index in [1.54, 1.807) is 24.3 Å².